The summed E-state index contributed by atoms with van der Waals surface area (Å²) in [4.78, 5) is 10.7. The Hall–Kier alpha value is -0.530. The third kappa shape index (κ3) is 20.2. The van der Waals surface area contributed by atoms with Gasteiger partial charge in [-0.2, -0.15) is 0 Å². The Kier molecular flexibility index (Phi) is 22.3. The second kappa shape index (κ2) is 22.8. The van der Waals surface area contributed by atoms with E-state index >= 15 is 0 Å². The highest BCUT2D eigenvalue weighted by Crippen LogP contribution is 2.23. The van der Waals surface area contributed by atoms with Gasteiger partial charge < -0.3 is 5.32 Å². The van der Waals surface area contributed by atoms with E-state index in [9.17, 15) is 4.79 Å². The fraction of sp³-hybridized carbons (Fsp3) is 0.962. The van der Waals surface area contributed by atoms with Crippen molar-refractivity contribution >= 4 is 6.41 Å². The zero-order valence-electron chi connectivity index (χ0n) is 19.8. The SMILES string of the molecule is CCCCCCCCCCCCCCCC(CCCCCC)CC(C)NC=O. The number of rotatable bonds is 23. The van der Waals surface area contributed by atoms with Crippen molar-refractivity contribution in [3.63, 3.8) is 0 Å². The van der Waals surface area contributed by atoms with Gasteiger partial charge in [0.2, 0.25) is 6.41 Å². The summed E-state index contributed by atoms with van der Waals surface area (Å²) in [7, 11) is 0. The standard InChI is InChI=1S/C26H53NO/c1-4-6-8-10-11-12-13-14-15-16-17-18-20-22-26(21-19-9-7-5-2)23-25(3)27-24-28/h24-26H,4-23H2,1-3H3,(H,27,28). The average Bonchev–Trinajstić information content (AvgIpc) is 2.68. The summed E-state index contributed by atoms with van der Waals surface area (Å²) in [5, 5.41) is 2.95. The van der Waals surface area contributed by atoms with Crippen LogP contribution < -0.4 is 5.32 Å². The monoisotopic (exact) mass is 395 g/mol. The van der Waals surface area contributed by atoms with Crippen molar-refractivity contribution in [1.82, 2.24) is 5.32 Å². The Morgan fingerprint density at radius 1 is 0.607 bits per heavy atom. The molecule has 0 aliphatic rings. The fourth-order valence-electron chi connectivity index (χ4n) is 4.37. The van der Waals surface area contributed by atoms with Gasteiger partial charge in [0.15, 0.2) is 0 Å². The van der Waals surface area contributed by atoms with Gasteiger partial charge in [0.25, 0.3) is 0 Å². The number of amides is 1. The van der Waals surface area contributed by atoms with E-state index in [0.717, 1.165) is 18.7 Å². The maximum Gasteiger partial charge on any atom is 0.207 e. The lowest BCUT2D eigenvalue weighted by Crippen LogP contribution is -2.27. The number of unbranched alkanes of at least 4 members (excludes halogenated alkanes) is 15. The van der Waals surface area contributed by atoms with Gasteiger partial charge in [0.1, 0.15) is 0 Å². The first-order chi connectivity index (χ1) is 13.7. The van der Waals surface area contributed by atoms with Crippen LogP contribution >= 0.6 is 0 Å². The van der Waals surface area contributed by atoms with Crippen LogP contribution in [0.2, 0.25) is 0 Å². The molecule has 0 heterocycles. The Morgan fingerprint density at radius 3 is 1.36 bits per heavy atom. The molecule has 2 heteroatoms. The fourth-order valence-corrected chi connectivity index (χ4v) is 4.37. The van der Waals surface area contributed by atoms with E-state index in [0.29, 0.717) is 6.04 Å². The highest BCUT2D eigenvalue weighted by Gasteiger charge is 2.12. The smallest absolute Gasteiger partial charge is 0.207 e. The van der Waals surface area contributed by atoms with Crippen LogP contribution in [0.1, 0.15) is 149 Å². The Morgan fingerprint density at radius 2 is 0.964 bits per heavy atom. The van der Waals surface area contributed by atoms with Gasteiger partial charge in [-0.3, -0.25) is 4.79 Å². The molecular weight excluding hydrogens is 342 g/mol. The molecule has 0 saturated heterocycles. The molecule has 0 bridgehead atoms. The molecule has 0 radical (unpaired) electrons. The van der Waals surface area contributed by atoms with E-state index in [1.54, 1.807) is 0 Å². The van der Waals surface area contributed by atoms with E-state index in [-0.39, 0.29) is 0 Å². The Bertz CT molecular complexity index is 305. The molecule has 28 heavy (non-hydrogen) atoms. The molecule has 0 aromatic heterocycles. The predicted octanol–water partition coefficient (Wildman–Crippen LogP) is 8.58. The molecule has 2 atom stereocenters. The molecule has 0 rings (SSSR count). The zero-order chi connectivity index (χ0) is 20.7. The van der Waals surface area contributed by atoms with Crippen LogP contribution in [0.5, 0.6) is 0 Å². The van der Waals surface area contributed by atoms with Crippen molar-refractivity contribution in [1.29, 1.82) is 0 Å². The van der Waals surface area contributed by atoms with E-state index in [1.165, 1.54) is 122 Å². The van der Waals surface area contributed by atoms with E-state index in [2.05, 4.69) is 26.1 Å². The predicted molar refractivity (Wildman–Crippen MR) is 126 cm³/mol. The number of hydrogen-bond donors (Lipinski definition) is 1. The minimum atomic E-state index is 0.329. The van der Waals surface area contributed by atoms with Crippen LogP contribution in [0.3, 0.4) is 0 Å². The first-order valence-electron chi connectivity index (χ1n) is 12.9. The van der Waals surface area contributed by atoms with Crippen molar-refractivity contribution < 1.29 is 4.79 Å². The molecule has 0 aliphatic heterocycles. The van der Waals surface area contributed by atoms with Gasteiger partial charge >= 0.3 is 0 Å². The van der Waals surface area contributed by atoms with Crippen LogP contribution in [0.15, 0.2) is 0 Å². The second-order valence-electron chi connectivity index (χ2n) is 9.17. The molecule has 0 aliphatic carbocycles. The van der Waals surface area contributed by atoms with Crippen LogP contribution in [-0.4, -0.2) is 12.5 Å². The van der Waals surface area contributed by atoms with Gasteiger partial charge in [-0.25, -0.2) is 0 Å². The van der Waals surface area contributed by atoms with Crippen molar-refractivity contribution in [3.05, 3.63) is 0 Å². The molecule has 2 nitrogen and oxygen atoms in total. The van der Waals surface area contributed by atoms with Gasteiger partial charge in [-0.1, -0.05) is 136 Å². The zero-order valence-corrected chi connectivity index (χ0v) is 19.8. The number of nitrogens with one attached hydrogen (secondary N) is 1. The second-order valence-corrected chi connectivity index (χ2v) is 9.17. The lowest BCUT2D eigenvalue weighted by molar-refractivity contribution is -0.110. The highest BCUT2D eigenvalue weighted by atomic mass is 16.1. The molecule has 1 N–H and O–H groups in total. The number of hydrogen-bond acceptors (Lipinski definition) is 1. The summed E-state index contributed by atoms with van der Waals surface area (Å²) >= 11 is 0. The van der Waals surface area contributed by atoms with Crippen LogP contribution in [0.25, 0.3) is 0 Å². The summed E-state index contributed by atoms with van der Waals surface area (Å²) in [6, 6.07) is 0.329. The molecule has 1 amide bonds. The van der Waals surface area contributed by atoms with Gasteiger partial charge in [0, 0.05) is 6.04 Å². The van der Waals surface area contributed by atoms with Gasteiger partial charge in [-0.05, 0) is 19.3 Å². The third-order valence-corrected chi connectivity index (χ3v) is 6.22. The normalized spacial score (nSPS) is 13.4. The van der Waals surface area contributed by atoms with Crippen LogP contribution in [0.4, 0.5) is 0 Å². The minimum Gasteiger partial charge on any atom is -0.356 e. The van der Waals surface area contributed by atoms with E-state index in [1.807, 2.05) is 0 Å². The number of carbonyl (C=O) groups is 1. The van der Waals surface area contributed by atoms with Crippen molar-refractivity contribution in [2.24, 2.45) is 5.92 Å². The summed E-state index contributed by atoms with van der Waals surface area (Å²) in [5.74, 6) is 0.798. The summed E-state index contributed by atoms with van der Waals surface area (Å²) in [5.41, 5.74) is 0. The van der Waals surface area contributed by atoms with Crippen LogP contribution in [-0.2, 0) is 4.79 Å². The molecular formula is C26H53NO. The molecule has 0 spiro atoms. The van der Waals surface area contributed by atoms with E-state index < -0.39 is 0 Å². The number of carbonyl (C=O) groups excluding carboxylic acids is 1. The third-order valence-electron chi connectivity index (χ3n) is 6.22. The van der Waals surface area contributed by atoms with Crippen molar-refractivity contribution in [2.75, 3.05) is 0 Å². The highest BCUT2D eigenvalue weighted by molar-refractivity contribution is 5.46. The maximum atomic E-state index is 10.7. The minimum absolute atomic E-state index is 0.329. The first kappa shape index (κ1) is 27.5. The molecule has 0 fully saturated rings. The lowest BCUT2D eigenvalue weighted by Gasteiger charge is -2.21. The maximum absolute atomic E-state index is 10.7. The topological polar surface area (TPSA) is 29.1 Å². The van der Waals surface area contributed by atoms with Crippen molar-refractivity contribution in [3.8, 4) is 0 Å². The average molecular weight is 396 g/mol. The van der Waals surface area contributed by atoms with Gasteiger partial charge in [-0.15, -0.1) is 0 Å². The molecule has 0 saturated carbocycles. The Labute approximate surface area is 178 Å². The quantitative estimate of drug-likeness (QED) is 0.136. The van der Waals surface area contributed by atoms with Crippen molar-refractivity contribution in [2.45, 2.75) is 155 Å². The largest absolute Gasteiger partial charge is 0.356 e. The summed E-state index contributed by atoms with van der Waals surface area (Å²) in [6.07, 6.45) is 28.7. The molecule has 2 unspecified atom stereocenters. The first-order valence-corrected chi connectivity index (χ1v) is 12.9. The lowest BCUT2D eigenvalue weighted by atomic mass is 9.89. The molecule has 0 aromatic rings. The Balaban J connectivity index is 3.61. The van der Waals surface area contributed by atoms with Crippen LogP contribution in [0, 0.1) is 5.92 Å². The molecule has 168 valence electrons. The van der Waals surface area contributed by atoms with Gasteiger partial charge in [0.05, 0.1) is 0 Å². The van der Waals surface area contributed by atoms with E-state index in [4.69, 9.17) is 0 Å². The summed E-state index contributed by atoms with van der Waals surface area (Å²) < 4.78 is 0. The summed E-state index contributed by atoms with van der Waals surface area (Å²) in [6.45, 7) is 6.72. The molecule has 0 aromatic carbocycles.